The molecular weight excluding hydrogens is 737 g/mol. The van der Waals surface area contributed by atoms with Crippen LogP contribution >= 0.6 is 0 Å². The van der Waals surface area contributed by atoms with Gasteiger partial charge in [-0.1, -0.05) is 165 Å². The highest BCUT2D eigenvalue weighted by molar-refractivity contribution is 5.60. The van der Waals surface area contributed by atoms with Crippen molar-refractivity contribution in [2.45, 2.75) is 170 Å². The van der Waals surface area contributed by atoms with Gasteiger partial charge in [-0.3, -0.25) is 0 Å². The zero-order valence-corrected chi connectivity index (χ0v) is 40.3. The summed E-state index contributed by atoms with van der Waals surface area (Å²) in [4.78, 5) is 0. The maximum atomic E-state index is 6.94. The Labute approximate surface area is 365 Å². The maximum Gasteiger partial charge on any atom is 0.126 e. The zero-order chi connectivity index (χ0) is 44.2. The lowest BCUT2D eigenvalue weighted by Gasteiger charge is -2.29. The third kappa shape index (κ3) is 11.2. The summed E-state index contributed by atoms with van der Waals surface area (Å²) in [6.45, 7) is 40.8. The molecule has 1 aliphatic rings. The molecule has 0 fully saturated rings. The van der Waals surface area contributed by atoms with Crippen LogP contribution in [0.2, 0.25) is 0 Å². The molecule has 0 aromatic heterocycles. The van der Waals surface area contributed by atoms with Crippen molar-refractivity contribution in [3.05, 3.63) is 128 Å². The van der Waals surface area contributed by atoms with Crippen LogP contribution in [-0.2, 0) is 47.3 Å². The second kappa shape index (κ2) is 18.8. The molecule has 4 aromatic rings. The van der Waals surface area contributed by atoms with Crippen LogP contribution in [0.3, 0.4) is 0 Å². The second-order valence-electron chi connectivity index (χ2n) is 21.3. The van der Waals surface area contributed by atoms with Gasteiger partial charge in [0.1, 0.15) is 29.6 Å². The summed E-state index contributed by atoms with van der Waals surface area (Å²) in [5, 5.41) is 0. The SMILES string of the molecule is C=CCOc1c2cc(C(C)(C)C)cc1Cc1cc(C(C)(C)C)cc(c1OCCC)Cc1cc(C(C)(C)C)cc(c1OCCC)Cc1cc(C(C)(C)C)cc(c1OCCC)C2. The summed E-state index contributed by atoms with van der Waals surface area (Å²) in [6, 6.07) is 19.2. The van der Waals surface area contributed by atoms with Gasteiger partial charge in [-0.25, -0.2) is 0 Å². The molecule has 0 spiro atoms. The van der Waals surface area contributed by atoms with Crippen molar-refractivity contribution < 1.29 is 18.9 Å². The molecule has 0 amide bonds. The predicted molar refractivity (Wildman–Crippen MR) is 255 cm³/mol. The molecular formula is C56H78O4. The van der Waals surface area contributed by atoms with Crippen LogP contribution < -0.4 is 18.9 Å². The Bertz CT molecular complexity index is 2000. The van der Waals surface area contributed by atoms with Crippen LogP contribution in [0.25, 0.3) is 0 Å². The van der Waals surface area contributed by atoms with Gasteiger partial charge in [-0.05, 0) is 108 Å². The first-order chi connectivity index (χ1) is 28.1. The van der Waals surface area contributed by atoms with Gasteiger partial charge in [0.2, 0.25) is 0 Å². The number of hydrogen-bond donors (Lipinski definition) is 0. The average Bonchev–Trinajstić information content (AvgIpc) is 3.14. The minimum Gasteiger partial charge on any atom is -0.493 e. The van der Waals surface area contributed by atoms with Crippen molar-refractivity contribution in [3.8, 4) is 23.0 Å². The van der Waals surface area contributed by atoms with E-state index in [4.69, 9.17) is 18.9 Å². The first kappa shape index (κ1) is 46.9. The zero-order valence-electron chi connectivity index (χ0n) is 40.3. The van der Waals surface area contributed by atoms with Gasteiger partial charge in [0.15, 0.2) is 0 Å². The quantitative estimate of drug-likeness (QED) is 0.118. The molecule has 0 atom stereocenters. The average molecular weight is 815 g/mol. The van der Waals surface area contributed by atoms with Gasteiger partial charge in [-0.15, -0.1) is 0 Å². The van der Waals surface area contributed by atoms with E-state index in [0.717, 1.165) is 53.4 Å². The maximum absolute atomic E-state index is 6.94. The van der Waals surface area contributed by atoms with Gasteiger partial charge >= 0.3 is 0 Å². The van der Waals surface area contributed by atoms with E-state index in [1.54, 1.807) is 0 Å². The first-order valence-corrected chi connectivity index (χ1v) is 22.9. The number of fused-ring (bicyclic) bond motifs is 8. The van der Waals surface area contributed by atoms with Crippen molar-refractivity contribution in [3.63, 3.8) is 0 Å². The number of hydrogen-bond acceptors (Lipinski definition) is 4. The van der Waals surface area contributed by atoms with E-state index in [1.165, 1.54) is 55.6 Å². The Hall–Kier alpha value is -4.18. The molecule has 0 saturated carbocycles. The molecule has 60 heavy (non-hydrogen) atoms. The van der Waals surface area contributed by atoms with Crippen molar-refractivity contribution in [2.75, 3.05) is 26.4 Å². The van der Waals surface area contributed by atoms with E-state index in [2.05, 4.69) is 159 Å². The summed E-state index contributed by atoms with van der Waals surface area (Å²) in [6.07, 6.45) is 7.32. The van der Waals surface area contributed by atoms with E-state index >= 15 is 0 Å². The number of rotatable bonds is 12. The fraction of sp³-hybridized carbons (Fsp3) is 0.536. The molecule has 0 unspecified atom stereocenters. The molecule has 0 radical (unpaired) electrons. The highest BCUT2D eigenvalue weighted by Crippen LogP contribution is 2.44. The number of ether oxygens (including phenoxy) is 4. The molecule has 326 valence electrons. The van der Waals surface area contributed by atoms with E-state index in [0.29, 0.717) is 52.1 Å². The molecule has 1 aliphatic carbocycles. The van der Waals surface area contributed by atoms with Crippen molar-refractivity contribution in [1.82, 2.24) is 0 Å². The summed E-state index contributed by atoms with van der Waals surface area (Å²) in [5.41, 5.74) is 14.3. The summed E-state index contributed by atoms with van der Waals surface area (Å²) >= 11 is 0. The molecule has 0 saturated heterocycles. The Morgan fingerprint density at radius 3 is 0.750 bits per heavy atom. The standard InChI is InChI=1S/C56H78O4/c1-17-21-57-49-37-25-39-31-46(54(8,9)10)33-41(50(39)58-22-18-2)27-43-35-48(56(14,15)16)36-44(52(43)60-24-20-4)28-42-34-47(55(11,12)13)32-40(51(42)59-23-19-3)26-38(49)30-45(29-37)53(5,6)7/h17,29-36H,1,18-28H2,2-16H3. The smallest absolute Gasteiger partial charge is 0.126 e. The van der Waals surface area contributed by atoms with Crippen LogP contribution in [0.4, 0.5) is 0 Å². The molecule has 0 aliphatic heterocycles. The van der Waals surface area contributed by atoms with Gasteiger partial charge < -0.3 is 18.9 Å². The Morgan fingerprint density at radius 2 is 0.583 bits per heavy atom. The molecule has 4 heteroatoms. The Kier molecular flexibility index (Phi) is 14.7. The van der Waals surface area contributed by atoms with Crippen LogP contribution in [0.15, 0.2) is 61.2 Å². The van der Waals surface area contributed by atoms with Gasteiger partial charge in [0.25, 0.3) is 0 Å². The fourth-order valence-electron chi connectivity index (χ4n) is 8.12. The molecule has 5 rings (SSSR count). The lowest BCUT2D eigenvalue weighted by Crippen LogP contribution is -2.18. The third-order valence-corrected chi connectivity index (χ3v) is 11.7. The van der Waals surface area contributed by atoms with Crippen LogP contribution in [0.5, 0.6) is 23.0 Å². The van der Waals surface area contributed by atoms with Crippen molar-refractivity contribution in [2.24, 2.45) is 0 Å². The van der Waals surface area contributed by atoms with E-state index in [1.807, 2.05) is 6.08 Å². The highest BCUT2D eigenvalue weighted by atomic mass is 16.5. The minimum atomic E-state index is -0.0937. The topological polar surface area (TPSA) is 36.9 Å². The van der Waals surface area contributed by atoms with E-state index in [-0.39, 0.29) is 21.7 Å². The third-order valence-electron chi connectivity index (χ3n) is 11.7. The van der Waals surface area contributed by atoms with Crippen LogP contribution in [0.1, 0.15) is 190 Å². The van der Waals surface area contributed by atoms with Crippen LogP contribution in [0, 0.1) is 0 Å². The summed E-state index contributed by atoms with van der Waals surface area (Å²) in [5.74, 6) is 3.88. The molecule has 0 N–H and O–H groups in total. The molecule has 8 bridgehead atoms. The van der Waals surface area contributed by atoms with Gasteiger partial charge in [0, 0.05) is 25.7 Å². The molecule has 4 nitrogen and oxygen atoms in total. The largest absolute Gasteiger partial charge is 0.493 e. The number of benzene rings is 4. The van der Waals surface area contributed by atoms with E-state index < -0.39 is 0 Å². The van der Waals surface area contributed by atoms with Gasteiger partial charge in [-0.2, -0.15) is 0 Å². The highest BCUT2D eigenvalue weighted by Gasteiger charge is 2.29. The van der Waals surface area contributed by atoms with E-state index in [9.17, 15) is 0 Å². The minimum absolute atomic E-state index is 0.0805. The van der Waals surface area contributed by atoms with Gasteiger partial charge in [0.05, 0.1) is 19.8 Å². The second-order valence-corrected chi connectivity index (χ2v) is 21.3. The van der Waals surface area contributed by atoms with Crippen molar-refractivity contribution in [1.29, 1.82) is 0 Å². The fourth-order valence-corrected chi connectivity index (χ4v) is 8.12. The lowest BCUT2D eigenvalue weighted by molar-refractivity contribution is 0.306. The normalized spacial score (nSPS) is 13.5. The summed E-state index contributed by atoms with van der Waals surface area (Å²) < 4.78 is 27.6. The lowest BCUT2D eigenvalue weighted by atomic mass is 9.79. The Balaban J connectivity index is 2.02. The monoisotopic (exact) mass is 815 g/mol. The summed E-state index contributed by atoms with van der Waals surface area (Å²) in [7, 11) is 0. The molecule has 0 heterocycles. The van der Waals surface area contributed by atoms with Crippen molar-refractivity contribution >= 4 is 0 Å². The van der Waals surface area contributed by atoms with Crippen LogP contribution in [-0.4, -0.2) is 26.4 Å². The predicted octanol–water partition coefficient (Wildman–Crippen LogP) is 14.5. The Morgan fingerprint density at radius 1 is 0.383 bits per heavy atom. The molecule has 4 aromatic carbocycles. The first-order valence-electron chi connectivity index (χ1n) is 22.9.